The molecule has 1 aliphatic heterocycles. The molecule has 23 heavy (non-hydrogen) atoms. The Morgan fingerprint density at radius 2 is 2.30 bits per heavy atom. The van der Waals surface area contributed by atoms with Gasteiger partial charge in [0.15, 0.2) is 11.6 Å². The summed E-state index contributed by atoms with van der Waals surface area (Å²) in [6.45, 7) is 7.37. The van der Waals surface area contributed by atoms with E-state index in [1.807, 2.05) is 17.9 Å². The molecule has 2 aromatic heterocycles. The van der Waals surface area contributed by atoms with Crippen LogP contribution in [-0.2, 0) is 0 Å². The van der Waals surface area contributed by atoms with Crippen molar-refractivity contribution in [3.8, 4) is 0 Å². The number of likely N-dealkylation sites (tertiary alicyclic amines) is 1. The van der Waals surface area contributed by atoms with E-state index >= 15 is 0 Å². The lowest BCUT2D eigenvalue weighted by Gasteiger charge is -2.30. The van der Waals surface area contributed by atoms with Crippen LogP contribution in [0.3, 0.4) is 0 Å². The van der Waals surface area contributed by atoms with Crippen LogP contribution in [0, 0.1) is 6.92 Å². The third kappa shape index (κ3) is 3.30. The van der Waals surface area contributed by atoms with Crippen molar-refractivity contribution in [2.75, 3.05) is 13.1 Å². The monoisotopic (exact) mass is 317 g/mol. The molecule has 0 saturated carbocycles. The van der Waals surface area contributed by atoms with Crippen LogP contribution in [0.2, 0.25) is 0 Å². The molecule has 6 heteroatoms. The predicted octanol–water partition coefficient (Wildman–Crippen LogP) is 3.50. The minimum Gasteiger partial charge on any atom is -0.456 e. The molecule has 3 rings (SSSR count). The minimum absolute atomic E-state index is 0.0653. The number of aromatic nitrogens is 2. The van der Waals surface area contributed by atoms with E-state index in [2.05, 4.69) is 24.0 Å². The smallest absolute Gasteiger partial charge is 0.289 e. The van der Waals surface area contributed by atoms with Gasteiger partial charge in [-0.3, -0.25) is 4.79 Å². The van der Waals surface area contributed by atoms with Gasteiger partial charge in [0.2, 0.25) is 5.89 Å². The van der Waals surface area contributed by atoms with E-state index in [1.54, 1.807) is 6.07 Å². The third-order valence-corrected chi connectivity index (χ3v) is 4.52. The first-order valence-corrected chi connectivity index (χ1v) is 8.27. The minimum atomic E-state index is -0.0653. The molecule has 0 N–H and O–H groups in total. The van der Waals surface area contributed by atoms with Gasteiger partial charge >= 0.3 is 0 Å². The van der Waals surface area contributed by atoms with E-state index in [4.69, 9.17) is 8.94 Å². The quantitative estimate of drug-likeness (QED) is 0.863. The molecule has 0 radical (unpaired) electrons. The highest BCUT2D eigenvalue weighted by molar-refractivity contribution is 5.91. The maximum absolute atomic E-state index is 12.5. The molecule has 124 valence electrons. The molecule has 1 fully saturated rings. The fourth-order valence-electron chi connectivity index (χ4n) is 2.86. The fraction of sp³-hybridized carbons (Fsp3) is 0.588. The zero-order valence-corrected chi connectivity index (χ0v) is 13.9. The Balaban J connectivity index is 1.70. The summed E-state index contributed by atoms with van der Waals surface area (Å²) in [6, 6.07) is 3.54. The van der Waals surface area contributed by atoms with Crippen LogP contribution in [0.5, 0.6) is 0 Å². The second kappa shape index (κ2) is 6.56. The highest BCUT2D eigenvalue weighted by Gasteiger charge is 2.30. The van der Waals surface area contributed by atoms with E-state index in [-0.39, 0.29) is 11.8 Å². The Kier molecular flexibility index (Phi) is 4.50. The highest BCUT2D eigenvalue weighted by Crippen LogP contribution is 2.28. The Morgan fingerprint density at radius 1 is 1.48 bits per heavy atom. The first-order chi connectivity index (χ1) is 11.1. The lowest BCUT2D eigenvalue weighted by Crippen LogP contribution is -2.39. The maximum Gasteiger partial charge on any atom is 0.289 e. The van der Waals surface area contributed by atoms with Crippen LogP contribution < -0.4 is 0 Å². The number of rotatable bonds is 4. The molecular formula is C17H23N3O3. The van der Waals surface area contributed by atoms with Crippen LogP contribution in [0.1, 0.15) is 73.0 Å². The highest BCUT2D eigenvalue weighted by atomic mass is 16.5. The van der Waals surface area contributed by atoms with E-state index in [1.165, 1.54) is 0 Å². The molecule has 1 saturated heterocycles. The van der Waals surface area contributed by atoms with Crippen molar-refractivity contribution in [3.05, 3.63) is 35.4 Å². The molecule has 2 aromatic rings. The van der Waals surface area contributed by atoms with E-state index < -0.39 is 0 Å². The molecular weight excluding hydrogens is 294 g/mol. The van der Waals surface area contributed by atoms with Gasteiger partial charge in [-0.2, -0.15) is 4.98 Å². The van der Waals surface area contributed by atoms with Crippen molar-refractivity contribution in [2.45, 2.75) is 51.9 Å². The zero-order valence-electron chi connectivity index (χ0n) is 13.9. The van der Waals surface area contributed by atoms with Gasteiger partial charge in [-0.15, -0.1) is 0 Å². The lowest BCUT2D eigenvalue weighted by molar-refractivity contribution is 0.0662. The molecule has 1 amide bonds. The summed E-state index contributed by atoms with van der Waals surface area (Å²) in [4.78, 5) is 18.9. The summed E-state index contributed by atoms with van der Waals surface area (Å²) in [5, 5.41) is 4.09. The van der Waals surface area contributed by atoms with Crippen molar-refractivity contribution >= 4 is 5.91 Å². The fourth-order valence-corrected chi connectivity index (χ4v) is 2.86. The molecule has 1 aliphatic rings. The van der Waals surface area contributed by atoms with Gasteiger partial charge in [0.25, 0.3) is 5.91 Å². The maximum atomic E-state index is 12.5. The van der Waals surface area contributed by atoms with Gasteiger partial charge in [0.1, 0.15) is 5.76 Å². The third-order valence-electron chi connectivity index (χ3n) is 4.52. The van der Waals surface area contributed by atoms with E-state index in [9.17, 15) is 4.79 Å². The summed E-state index contributed by atoms with van der Waals surface area (Å²) in [7, 11) is 0. The Hall–Kier alpha value is -2.11. The number of piperidine rings is 1. The molecule has 0 aromatic carbocycles. The number of amides is 1. The standard InChI is InChI=1S/C17H23N3O3/c1-4-11(2)15-18-16(23-19-15)13-6-5-9-20(10-13)17(21)14-8-7-12(3)22-14/h7-8,11,13H,4-6,9-10H2,1-3H3/t11-,13+/m1/s1. The average Bonchev–Trinajstić information content (AvgIpc) is 3.23. The lowest BCUT2D eigenvalue weighted by atomic mass is 9.97. The van der Waals surface area contributed by atoms with Gasteiger partial charge in [-0.05, 0) is 38.3 Å². The first-order valence-electron chi connectivity index (χ1n) is 8.27. The van der Waals surface area contributed by atoms with Crippen LogP contribution in [0.4, 0.5) is 0 Å². The van der Waals surface area contributed by atoms with Crippen LogP contribution in [-0.4, -0.2) is 34.0 Å². The summed E-state index contributed by atoms with van der Waals surface area (Å²) >= 11 is 0. The zero-order chi connectivity index (χ0) is 16.4. The number of furan rings is 1. The summed E-state index contributed by atoms with van der Waals surface area (Å²) < 4.78 is 10.9. The van der Waals surface area contributed by atoms with Crippen molar-refractivity contribution in [1.82, 2.24) is 15.0 Å². The number of hydrogen-bond donors (Lipinski definition) is 0. The number of aryl methyl sites for hydroxylation is 1. The SMILES string of the molecule is CC[C@@H](C)c1noc([C@H]2CCCN(C(=O)c3ccc(C)o3)C2)n1. The Labute approximate surface area is 135 Å². The molecule has 0 spiro atoms. The molecule has 2 atom stereocenters. The largest absolute Gasteiger partial charge is 0.456 e. The van der Waals surface area contributed by atoms with Crippen molar-refractivity contribution in [2.24, 2.45) is 0 Å². The summed E-state index contributed by atoms with van der Waals surface area (Å²) in [6.07, 6.45) is 2.87. The summed E-state index contributed by atoms with van der Waals surface area (Å²) in [5.74, 6) is 2.88. The van der Waals surface area contributed by atoms with Crippen molar-refractivity contribution in [3.63, 3.8) is 0 Å². The Bertz CT molecular complexity index is 676. The second-order valence-corrected chi connectivity index (χ2v) is 6.30. The van der Waals surface area contributed by atoms with Crippen LogP contribution >= 0.6 is 0 Å². The van der Waals surface area contributed by atoms with Crippen LogP contribution in [0.15, 0.2) is 21.1 Å². The molecule has 6 nitrogen and oxygen atoms in total. The van der Waals surface area contributed by atoms with Crippen molar-refractivity contribution in [1.29, 1.82) is 0 Å². The number of carbonyl (C=O) groups excluding carboxylic acids is 1. The van der Waals surface area contributed by atoms with Crippen molar-refractivity contribution < 1.29 is 13.7 Å². The van der Waals surface area contributed by atoms with Gasteiger partial charge in [0.05, 0.1) is 5.92 Å². The van der Waals surface area contributed by atoms with Gasteiger partial charge in [0, 0.05) is 19.0 Å². The van der Waals surface area contributed by atoms with E-state index in [0.717, 1.165) is 37.4 Å². The molecule has 3 heterocycles. The summed E-state index contributed by atoms with van der Waals surface area (Å²) in [5.41, 5.74) is 0. The number of carbonyl (C=O) groups is 1. The topological polar surface area (TPSA) is 72.4 Å². The number of nitrogens with zero attached hydrogens (tertiary/aromatic N) is 3. The molecule has 0 unspecified atom stereocenters. The van der Waals surface area contributed by atoms with Gasteiger partial charge in [-0.1, -0.05) is 19.0 Å². The normalized spacial score (nSPS) is 19.8. The van der Waals surface area contributed by atoms with Crippen LogP contribution in [0.25, 0.3) is 0 Å². The van der Waals surface area contributed by atoms with Gasteiger partial charge in [-0.25, -0.2) is 0 Å². The van der Waals surface area contributed by atoms with E-state index in [0.29, 0.717) is 24.1 Å². The molecule has 0 bridgehead atoms. The first kappa shape index (κ1) is 15.8. The second-order valence-electron chi connectivity index (χ2n) is 6.30. The Morgan fingerprint density at radius 3 is 3.00 bits per heavy atom. The predicted molar refractivity (Wildman–Crippen MR) is 84.3 cm³/mol. The van der Waals surface area contributed by atoms with Gasteiger partial charge < -0.3 is 13.8 Å². The average molecular weight is 317 g/mol. The molecule has 0 aliphatic carbocycles. The number of hydrogen-bond acceptors (Lipinski definition) is 5.